The minimum absolute atomic E-state index is 0.0320. The van der Waals surface area contributed by atoms with Crippen molar-refractivity contribution < 1.29 is 12.8 Å². The molecule has 0 N–H and O–H groups in total. The molecule has 0 radical (unpaired) electrons. The lowest BCUT2D eigenvalue weighted by Gasteiger charge is -2.28. The SMILES string of the molecule is O=S(=O)(CCCF)N(C1CC1)C1Cc2ccccc2C1. The van der Waals surface area contributed by atoms with Crippen LogP contribution in [0.3, 0.4) is 0 Å². The molecule has 0 unspecified atom stereocenters. The smallest absolute Gasteiger partial charge is 0.214 e. The molecule has 2 aliphatic rings. The highest BCUT2D eigenvalue weighted by Crippen LogP contribution is 2.36. The number of hydrogen-bond donors (Lipinski definition) is 0. The lowest BCUT2D eigenvalue weighted by atomic mass is 10.1. The van der Waals surface area contributed by atoms with Gasteiger partial charge in [0.1, 0.15) is 0 Å². The fraction of sp³-hybridized carbons (Fsp3) is 0.600. The Balaban J connectivity index is 1.80. The zero-order valence-corrected chi connectivity index (χ0v) is 12.3. The molecule has 0 heterocycles. The van der Waals surface area contributed by atoms with Gasteiger partial charge in [0, 0.05) is 12.1 Å². The summed E-state index contributed by atoms with van der Waals surface area (Å²) in [4.78, 5) is 0. The molecule has 1 fully saturated rings. The van der Waals surface area contributed by atoms with Crippen molar-refractivity contribution >= 4 is 10.0 Å². The summed E-state index contributed by atoms with van der Waals surface area (Å²) >= 11 is 0. The van der Waals surface area contributed by atoms with Gasteiger partial charge in [-0.1, -0.05) is 24.3 Å². The maximum atomic E-state index is 12.5. The summed E-state index contributed by atoms with van der Waals surface area (Å²) in [5, 5.41) is 0. The molecule has 20 heavy (non-hydrogen) atoms. The van der Waals surface area contributed by atoms with E-state index in [2.05, 4.69) is 12.1 Å². The number of benzene rings is 1. The summed E-state index contributed by atoms with van der Waals surface area (Å²) in [6.07, 6.45) is 3.58. The summed E-state index contributed by atoms with van der Waals surface area (Å²) in [6, 6.07) is 8.34. The Labute approximate surface area is 119 Å². The molecule has 1 aromatic rings. The molecular weight excluding hydrogens is 277 g/mol. The molecule has 0 aromatic heterocycles. The van der Waals surface area contributed by atoms with Crippen LogP contribution < -0.4 is 0 Å². The molecule has 0 bridgehead atoms. The first-order chi connectivity index (χ1) is 9.62. The molecule has 2 aliphatic carbocycles. The van der Waals surface area contributed by atoms with Crippen molar-refractivity contribution in [1.82, 2.24) is 4.31 Å². The molecule has 0 amide bonds. The lowest BCUT2D eigenvalue weighted by Crippen LogP contribution is -2.43. The highest BCUT2D eigenvalue weighted by molar-refractivity contribution is 7.89. The summed E-state index contributed by atoms with van der Waals surface area (Å²) in [7, 11) is -3.33. The first kappa shape index (κ1) is 14.0. The van der Waals surface area contributed by atoms with Crippen molar-refractivity contribution in [2.75, 3.05) is 12.4 Å². The van der Waals surface area contributed by atoms with Gasteiger partial charge in [0.2, 0.25) is 10.0 Å². The van der Waals surface area contributed by atoms with E-state index in [4.69, 9.17) is 0 Å². The summed E-state index contributed by atoms with van der Waals surface area (Å²) in [5.74, 6) is -0.0627. The molecule has 1 saturated carbocycles. The second kappa shape index (κ2) is 5.45. The van der Waals surface area contributed by atoms with Gasteiger partial charge in [-0.3, -0.25) is 4.39 Å². The highest BCUT2D eigenvalue weighted by Gasteiger charge is 2.43. The quantitative estimate of drug-likeness (QED) is 0.808. The molecule has 0 spiro atoms. The van der Waals surface area contributed by atoms with E-state index in [-0.39, 0.29) is 24.3 Å². The van der Waals surface area contributed by atoms with Crippen LogP contribution in [0.2, 0.25) is 0 Å². The maximum Gasteiger partial charge on any atom is 0.214 e. The maximum absolute atomic E-state index is 12.5. The summed E-state index contributed by atoms with van der Waals surface area (Å²) < 4.78 is 38.9. The number of rotatable bonds is 6. The monoisotopic (exact) mass is 297 g/mol. The predicted molar refractivity (Wildman–Crippen MR) is 76.9 cm³/mol. The van der Waals surface area contributed by atoms with Crippen molar-refractivity contribution in [3.8, 4) is 0 Å². The average molecular weight is 297 g/mol. The highest BCUT2D eigenvalue weighted by atomic mass is 32.2. The van der Waals surface area contributed by atoms with Gasteiger partial charge in [-0.2, -0.15) is 4.31 Å². The second-order valence-electron chi connectivity index (χ2n) is 5.75. The zero-order valence-electron chi connectivity index (χ0n) is 11.5. The molecule has 110 valence electrons. The third kappa shape index (κ3) is 2.74. The summed E-state index contributed by atoms with van der Waals surface area (Å²) in [5.41, 5.74) is 2.51. The second-order valence-corrected chi connectivity index (χ2v) is 7.74. The molecule has 0 atom stereocenters. The average Bonchev–Trinajstić information content (AvgIpc) is 3.14. The first-order valence-corrected chi connectivity index (χ1v) is 8.86. The Morgan fingerprint density at radius 2 is 1.70 bits per heavy atom. The molecule has 0 saturated heterocycles. The standard InChI is InChI=1S/C15H20FNO2S/c16-8-3-9-20(18,19)17(14-6-7-14)15-10-12-4-1-2-5-13(12)11-15/h1-2,4-5,14-15H,3,6-11H2. The van der Waals surface area contributed by atoms with E-state index in [1.165, 1.54) is 11.1 Å². The molecule has 5 heteroatoms. The van der Waals surface area contributed by atoms with Gasteiger partial charge in [0.15, 0.2) is 0 Å². The Bertz CT molecular complexity index is 558. The van der Waals surface area contributed by atoms with Crippen LogP contribution in [0, 0.1) is 0 Å². The van der Waals surface area contributed by atoms with Crippen LogP contribution in [0.4, 0.5) is 4.39 Å². The Kier molecular flexibility index (Phi) is 3.82. The number of halogens is 1. The summed E-state index contributed by atoms with van der Waals surface area (Å²) in [6.45, 7) is -0.567. The predicted octanol–water partition coefficient (Wildman–Crippen LogP) is 2.31. The third-order valence-corrected chi connectivity index (χ3v) is 6.20. The molecule has 1 aromatic carbocycles. The molecular formula is C15H20FNO2S. The van der Waals surface area contributed by atoms with E-state index in [1.807, 2.05) is 12.1 Å². The van der Waals surface area contributed by atoms with E-state index in [0.29, 0.717) is 0 Å². The van der Waals surface area contributed by atoms with Crippen molar-refractivity contribution in [3.63, 3.8) is 0 Å². The normalized spacial score (nSPS) is 19.5. The van der Waals surface area contributed by atoms with Gasteiger partial charge < -0.3 is 0 Å². The number of fused-ring (bicyclic) bond motifs is 1. The Morgan fingerprint density at radius 3 is 2.20 bits per heavy atom. The van der Waals surface area contributed by atoms with Gasteiger partial charge in [-0.15, -0.1) is 0 Å². The van der Waals surface area contributed by atoms with Gasteiger partial charge in [0.05, 0.1) is 12.4 Å². The van der Waals surface area contributed by atoms with Crippen LogP contribution in [0.1, 0.15) is 30.4 Å². The van der Waals surface area contributed by atoms with Crippen LogP contribution >= 0.6 is 0 Å². The number of alkyl halides is 1. The minimum atomic E-state index is -3.33. The van der Waals surface area contributed by atoms with Crippen LogP contribution in [0.5, 0.6) is 0 Å². The Morgan fingerprint density at radius 1 is 1.10 bits per heavy atom. The topological polar surface area (TPSA) is 37.4 Å². The number of nitrogens with zero attached hydrogens (tertiary/aromatic N) is 1. The van der Waals surface area contributed by atoms with Crippen molar-refractivity contribution in [3.05, 3.63) is 35.4 Å². The van der Waals surface area contributed by atoms with E-state index in [1.54, 1.807) is 4.31 Å². The fourth-order valence-electron chi connectivity index (χ4n) is 3.14. The van der Waals surface area contributed by atoms with Crippen molar-refractivity contribution in [1.29, 1.82) is 0 Å². The van der Waals surface area contributed by atoms with Crippen LogP contribution in [0.25, 0.3) is 0 Å². The first-order valence-electron chi connectivity index (χ1n) is 7.26. The van der Waals surface area contributed by atoms with Gasteiger partial charge in [0.25, 0.3) is 0 Å². The minimum Gasteiger partial charge on any atom is -0.251 e. The molecule has 0 aliphatic heterocycles. The largest absolute Gasteiger partial charge is 0.251 e. The van der Waals surface area contributed by atoms with Gasteiger partial charge in [-0.05, 0) is 43.2 Å². The van der Waals surface area contributed by atoms with Gasteiger partial charge >= 0.3 is 0 Å². The number of sulfonamides is 1. The van der Waals surface area contributed by atoms with Crippen LogP contribution in [-0.4, -0.2) is 37.2 Å². The Hall–Kier alpha value is -0.940. The lowest BCUT2D eigenvalue weighted by molar-refractivity contribution is 0.317. The van der Waals surface area contributed by atoms with E-state index in [0.717, 1.165) is 25.7 Å². The van der Waals surface area contributed by atoms with Crippen LogP contribution in [0.15, 0.2) is 24.3 Å². The van der Waals surface area contributed by atoms with E-state index < -0.39 is 16.7 Å². The van der Waals surface area contributed by atoms with Crippen molar-refractivity contribution in [2.45, 2.75) is 44.2 Å². The molecule has 3 rings (SSSR count). The number of hydrogen-bond acceptors (Lipinski definition) is 2. The van der Waals surface area contributed by atoms with E-state index >= 15 is 0 Å². The van der Waals surface area contributed by atoms with Crippen LogP contribution in [-0.2, 0) is 22.9 Å². The fourth-order valence-corrected chi connectivity index (χ4v) is 5.09. The molecule has 3 nitrogen and oxygen atoms in total. The third-order valence-electron chi connectivity index (χ3n) is 4.15. The van der Waals surface area contributed by atoms with Gasteiger partial charge in [-0.25, -0.2) is 8.42 Å². The zero-order chi connectivity index (χ0) is 14.2. The van der Waals surface area contributed by atoms with E-state index in [9.17, 15) is 12.8 Å². The van der Waals surface area contributed by atoms with Crippen molar-refractivity contribution in [2.24, 2.45) is 0 Å².